The van der Waals surface area contributed by atoms with Crippen molar-refractivity contribution >= 4 is 11.8 Å². The minimum Gasteiger partial charge on any atom is -0.335 e. The van der Waals surface area contributed by atoms with Crippen molar-refractivity contribution in [1.29, 1.82) is 0 Å². The monoisotopic (exact) mass is 307 g/mol. The van der Waals surface area contributed by atoms with Gasteiger partial charge in [-0.3, -0.25) is 9.59 Å². The minimum absolute atomic E-state index is 0.0351. The van der Waals surface area contributed by atoms with E-state index in [9.17, 15) is 14.0 Å². The predicted octanol–water partition coefficient (Wildman–Crippen LogP) is 0.980. The van der Waals surface area contributed by atoms with Gasteiger partial charge in [0.05, 0.1) is 12.6 Å². The van der Waals surface area contributed by atoms with Gasteiger partial charge in [0.25, 0.3) is 0 Å². The molecule has 1 fully saturated rings. The zero-order chi connectivity index (χ0) is 16.3. The molecule has 0 spiro atoms. The smallest absolute Gasteiger partial charge is 0.242 e. The van der Waals surface area contributed by atoms with Crippen molar-refractivity contribution in [1.82, 2.24) is 9.80 Å². The fourth-order valence-electron chi connectivity index (χ4n) is 2.42. The highest BCUT2D eigenvalue weighted by molar-refractivity contribution is 5.88. The standard InChI is InChI=1S/C16H22FN3O2/c1-11(2)15(18)16(22)20-7-6-19(14(21)10-20)9-12-4-3-5-13(17)8-12/h3-5,8,11,15H,6-7,9-10,18H2,1-2H3/t15-/m0/s1. The van der Waals surface area contributed by atoms with Crippen LogP contribution in [0.15, 0.2) is 24.3 Å². The van der Waals surface area contributed by atoms with Crippen LogP contribution in [0.1, 0.15) is 19.4 Å². The average Bonchev–Trinajstić information content (AvgIpc) is 2.47. The molecular formula is C16H22FN3O2. The largest absolute Gasteiger partial charge is 0.335 e. The second kappa shape index (κ2) is 6.87. The Labute approximate surface area is 129 Å². The van der Waals surface area contributed by atoms with Gasteiger partial charge in [-0.1, -0.05) is 26.0 Å². The number of piperazine rings is 1. The lowest BCUT2D eigenvalue weighted by Gasteiger charge is -2.36. The van der Waals surface area contributed by atoms with Crippen LogP contribution in [-0.2, 0) is 16.1 Å². The molecule has 1 saturated heterocycles. The van der Waals surface area contributed by atoms with Crippen LogP contribution in [0.25, 0.3) is 0 Å². The van der Waals surface area contributed by atoms with E-state index >= 15 is 0 Å². The molecule has 1 aromatic carbocycles. The first kappa shape index (κ1) is 16.4. The van der Waals surface area contributed by atoms with E-state index < -0.39 is 6.04 Å². The number of hydrogen-bond donors (Lipinski definition) is 1. The summed E-state index contributed by atoms with van der Waals surface area (Å²) in [5, 5.41) is 0. The number of halogens is 1. The third-order valence-electron chi connectivity index (χ3n) is 3.90. The van der Waals surface area contributed by atoms with Crippen LogP contribution in [0.2, 0.25) is 0 Å². The van der Waals surface area contributed by atoms with Gasteiger partial charge in [-0.2, -0.15) is 0 Å². The maximum atomic E-state index is 13.2. The lowest BCUT2D eigenvalue weighted by Crippen LogP contribution is -2.56. The van der Waals surface area contributed by atoms with Crippen molar-refractivity contribution in [2.45, 2.75) is 26.4 Å². The normalized spacial score (nSPS) is 17.0. The van der Waals surface area contributed by atoms with E-state index in [-0.39, 0.29) is 30.1 Å². The van der Waals surface area contributed by atoms with Crippen LogP contribution in [0, 0.1) is 11.7 Å². The Bertz CT molecular complexity index is 562. The fourth-order valence-corrected chi connectivity index (χ4v) is 2.42. The van der Waals surface area contributed by atoms with Crippen molar-refractivity contribution in [3.63, 3.8) is 0 Å². The Morgan fingerprint density at radius 1 is 1.36 bits per heavy atom. The number of carbonyl (C=O) groups excluding carboxylic acids is 2. The molecule has 1 aliphatic rings. The highest BCUT2D eigenvalue weighted by Gasteiger charge is 2.30. The molecule has 0 saturated carbocycles. The average molecular weight is 307 g/mol. The second-order valence-corrected chi connectivity index (χ2v) is 5.97. The van der Waals surface area contributed by atoms with Crippen LogP contribution in [0.5, 0.6) is 0 Å². The highest BCUT2D eigenvalue weighted by Crippen LogP contribution is 2.13. The Kier molecular flexibility index (Phi) is 5.13. The quantitative estimate of drug-likeness (QED) is 0.902. The number of amides is 2. The molecule has 1 atom stereocenters. The number of nitrogens with two attached hydrogens (primary N) is 1. The van der Waals surface area contributed by atoms with Crippen LogP contribution >= 0.6 is 0 Å². The summed E-state index contributed by atoms with van der Waals surface area (Å²) in [6.07, 6.45) is 0. The van der Waals surface area contributed by atoms with Gasteiger partial charge in [0.2, 0.25) is 11.8 Å². The van der Waals surface area contributed by atoms with E-state index in [2.05, 4.69) is 0 Å². The van der Waals surface area contributed by atoms with E-state index in [1.165, 1.54) is 17.0 Å². The van der Waals surface area contributed by atoms with Crippen molar-refractivity contribution in [2.75, 3.05) is 19.6 Å². The van der Waals surface area contributed by atoms with Crippen LogP contribution in [-0.4, -0.2) is 47.3 Å². The summed E-state index contributed by atoms with van der Waals surface area (Å²) in [6.45, 7) is 5.05. The van der Waals surface area contributed by atoms with Gasteiger partial charge in [0.15, 0.2) is 0 Å². The molecule has 0 unspecified atom stereocenters. The number of rotatable bonds is 4. The SMILES string of the molecule is CC(C)[C@H](N)C(=O)N1CCN(Cc2cccc(F)c2)C(=O)C1. The lowest BCUT2D eigenvalue weighted by molar-refractivity contribution is -0.146. The topological polar surface area (TPSA) is 66.6 Å². The van der Waals surface area contributed by atoms with Gasteiger partial charge in [-0.05, 0) is 23.6 Å². The van der Waals surface area contributed by atoms with E-state index in [1.807, 2.05) is 13.8 Å². The first-order valence-electron chi connectivity index (χ1n) is 7.45. The summed E-state index contributed by atoms with van der Waals surface area (Å²) in [5.74, 6) is -0.608. The Hall–Kier alpha value is -1.95. The van der Waals surface area contributed by atoms with E-state index in [4.69, 9.17) is 5.73 Å². The molecule has 120 valence electrons. The maximum Gasteiger partial charge on any atom is 0.242 e. The summed E-state index contributed by atoms with van der Waals surface area (Å²) in [5.41, 5.74) is 6.60. The predicted molar refractivity (Wildman–Crippen MR) is 81.2 cm³/mol. The van der Waals surface area contributed by atoms with Gasteiger partial charge in [-0.25, -0.2) is 4.39 Å². The third-order valence-corrected chi connectivity index (χ3v) is 3.90. The van der Waals surface area contributed by atoms with E-state index in [1.54, 1.807) is 17.0 Å². The van der Waals surface area contributed by atoms with Crippen molar-refractivity contribution < 1.29 is 14.0 Å². The molecule has 2 N–H and O–H groups in total. The van der Waals surface area contributed by atoms with Crippen molar-refractivity contribution in [3.8, 4) is 0 Å². The first-order chi connectivity index (χ1) is 10.4. The molecule has 1 aromatic rings. The molecule has 0 radical (unpaired) electrons. The van der Waals surface area contributed by atoms with Gasteiger partial charge in [-0.15, -0.1) is 0 Å². The number of carbonyl (C=O) groups is 2. The summed E-state index contributed by atoms with van der Waals surface area (Å²) in [7, 11) is 0. The Morgan fingerprint density at radius 2 is 2.09 bits per heavy atom. The molecule has 0 bridgehead atoms. The summed E-state index contributed by atoms with van der Waals surface area (Å²) >= 11 is 0. The molecule has 22 heavy (non-hydrogen) atoms. The van der Waals surface area contributed by atoms with Crippen molar-refractivity contribution in [2.24, 2.45) is 11.7 Å². The zero-order valence-corrected chi connectivity index (χ0v) is 13.0. The van der Waals surface area contributed by atoms with Gasteiger partial charge in [0.1, 0.15) is 5.82 Å². The second-order valence-electron chi connectivity index (χ2n) is 5.97. The van der Waals surface area contributed by atoms with Gasteiger partial charge in [0, 0.05) is 19.6 Å². The van der Waals surface area contributed by atoms with Gasteiger partial charge < -0.3 is 15.5 Å². The highest BCUT2D eigenvalue weighted by atomic mass is 19.1. The number of nitrogens with zero attached hydrogens (tertiary/aromatic N) is 2. The minimum atomic E-state index is -0.581. The molecule has 6 heteroatoms. The fraction of sp³-hybridized carbons (Fsp3) is 0.500. The van der Waals surface area contributed by atoms with Crippen LogP contribution in [0.3, 0.4) is 0 Å². The van der Waals surface area contributed by atoms with Crippen LogP contribution in [0.4, 0.5) is 4.39 Å². The molecule has 1 heterocycles. The number of hydrogen-bond acceptors (Lipinski definition) is 3. The number of benzene rings is 1. The van der Waals surface area contributed by atoms with Crippen molar-refractivity contribution in [3.05, 3.63) is 35.6 Å². The summed E-state index contributed by atoms with van der Waals surface area (Å²) < 4.78 is 13.2. The zero-order valence-electron chi connectivity index (χ0n) is 13.0. The van der Waals surface area contributed by atoms with Crippen LogP contribution < -0.4 is 5.73 Å². The van der Waals surface area contributed by atoms with Gasteiger partial charge >= 0.3 is 0 Å². The Balaban J connectivity index is 1.96. The molecule has 5 nitrogen and oxygen atoms in total. The Morgan fingerprint density at radius 3 is 2.68 bits per heavy atom. The first-order valence-corrected chi connectivity index (χ1v) is 7.45. The maximum absolute atomic E-state index is 13.2. The molecule has 1 aliphatic heterocycles. The third kappa shape index (κ3) is 3.82. The summed E-state index contributed by atoms with van der Waals surface area (Å²) in [4.78, 5) is 27.5. The van der Waals surface area contributed by atoms with E-state index in [0.717, 1.165) is 5.56 Å². The molecule has 0 aliphatic carbocycles. The van der Waals surface area contributed by atoms with E-state index in [0.29, 0.717) is 19.6 Å². The lowest BCUT2D eigenvalue weighted by atomic mass is 10.0. The molecule has 0 aromatic heterocycles. The summed E-state index contributed by atoms with van der Waals surface area (Å²) in [6, 6.07) is 5.61. The molecule has 2 rings (SSSR count). The molecule has 2 amide bonds. The molecular weight excluding hydrogens is 285 g/mol.